The Bertz CT molecular complexity index is 1220. The number of aromatic nitrogens is 4. The number of pyridine rings is 1. The number of aliphatic carboxylic acids is 1. The largest absolute Gasteiger partial charge is 0.481 e. The molecule has 0 bridgehead atoms. The van der Waals surface area contributed by atoms with Crippen LogP contribution in [0.2, 0.25) is 0 Å². The molecule has 8 nitrogen and oxygen atoms in total. The van der Waals surface area contributed by atoms with Crippen molar-refractivity contribution < 1.29 is 9.90 Å². The minimum Gasteiger partial charge on any atom is -0.481 e. The average Bonchev–Trinajstić information content (AvgIpc) is 3.47. The van der Waals surface area contributed by atoms with Crippen molar-refractivity contribution in [3.05, 3.63) is 46.5 Å². The number of nitrogen functional groups attached to an aromatic ring is 1. The van der Waals surface area contributed by atoms with Gasteiger partial charge in [0.05, 0.1) is 33.7 Å². The number of allylic oxidation sites excluding steroid dienone is 1. The molecule has 0 spiro atoms. The number of carboxylic acid groups (broad SMARTS) is 1. The Morgan fingerprint density at radius 2 is 2.00 bits per heavy atom. The smallest absolute Gasteiger partial charge is 0.306 e. The molecule has 9 heteroatoms. The summed E-state index contributed by atoms with van der Waals surface area (Å²) in [6, 6.07) is 3.94. The van der Waals surface area contributed by atoms with Crippen molar-refractivity contribution in [3.63, 3.8) is 0 Å². The number of anilines is 1. The Morgan fingerprint density at radius 1 is 1.19 bits per heavy atom. The summed E-state index contributed by atoms with van der Waals surface area (Å²) in [6.45, 7) is 0. The van der Waals surface area contributed by atoms with Crippen molar-refractivity contribution in [2.45, 2.75) is 38.0 Å². The number of halogens is 1. The number of nitrogens with zero attached hydrogens (tertiary/aromatic N) is 5. The van der Waals surface area contributed by atoms with Crippen LogP contribution in [0.5, 0.6) is 0 Å². The van der Waals surface area contributed by atoms with Crippen molar-refractivity contribution in [3.8, 4) is 11.1 Å². The molecule has 0 aromatic carbocycles. The lowest BCUT2D eigenvalue weighted by Crippen LogP contribution is -2.21. The third kappa shape index (κ3) is 3.52. The second-order valence-electron chi connectivity index (χ2n) is 7.95. The molecule has 0 radical (unpaired) electrons. The zero-order chi connectivity index (χ0) is 21.5. The molecule has 3 aromatic heterocycles. The fraction of sp³-hybridized carbons (Fsp3) is 0.318. The number of carboxylic acids is 1. The quantitative estimate of drug-likeness (QED) is 0.573. The first-order valence-corrected chi connectivity index (χ1v) is 11.1. The van der Waals surface area contributed by atoms with Gasteiger partial charge in [0.1, 0.15) is 5.82 Å². The maximum atomic E-state index is 11.3. The second-order valence-corrected chi connectivity index (χ2v) is 8.74. The van der Waals surface area contributed by atoms with Gasteiger partial charge in [0.15, 0.2) is 5.65 Å². The Kier molecular flexibility index (Phi) is 5.05. The van der Waals surface area contributed by atoms with Crippen LogP contribution < -0.4 is 5.73 Å². The number of hydrogen-bond donors (Lipinski definition) is 2. The summed E-state index contributed by atoms with van der Waals surface area (Å²) >= 11 is 3.60. The molecule has 0 atom stereocenters. The minimum absolute atomic E-state index is 0.160. The summed E-state index contributed by atoms with van der Waals surface area (Å²) in [5.74, 6) is -0.339. The first-order valence-electron chi connectivity index (χ1n) is 10.3. The molecule has 1 aliphatic heterocycles. The summed E-state index contributed by atoms with van der Waals surface area (Å²) in [5, 5.41) is 13.7. The van der Waals surface area contributed by atoms with Gasteiger partial charge >= 0.3 is 5.97 Å². The van der Waals surface area contributed by atoms with Crippen molar-refractivity contribution in [1.29, 1.82) is 0 Å². The highest BCUT2D eigenvalue weighted by atomic mass is 79.9. The van der Waals surface area contributed by atoms with Gasteiger partial charge in [0, 0.05) is 35.9 Å². The van der Waals surface area contributed by atoms with E-state index >= 15 is 0 Å². The molecule has 3 N–H and O–H groups in total. The van der Waals surface area contributed by atoms with E-state index in [2.05, 4.69) is 31.0 Å². The Balaban J connectivity index is 1.51. The summed E-state index contributed by atoms with van der Waals surface area (Å²) in [4.78, 5) is 25.1. The molecule has 2 aliphatic rings. The third-order valence-corrected chi connectivity index (χ3v) is 6.91. The van der Waals surface area contributed by atoms with Gasteiger partial charge in [-0.15, -0.1) is 0 Å². The first kappa shape index (κ1) is 19.9. The highest BCUT2D eigenvalue weighted by molar-refractivity contribution is 9.10. The second kappa shape index (κ2) is 7.88. The predicted molar refractivity (Wildman–Crippen MR) is 122 cm³/mol. The van der Waals surface area contributed by atoms with Crippen LogP contribution in [0.3, 0.4) is 0 Å². The van der Waals surface area contributed by atoms with Crippen LogP contribution in [-0.4, -0.2) is 36.9 Å². The van der Waals surface area contributed by atoms with Crippen molar-refractivity contribution in [2.24, 2.45) is 10.9 Å². The van der Waals surface area contributed by atoms with Crippen LogP contribution >= 0.6 is 15.9 Å². The van der Waals surface area contributed by atoms with Gasteiger partial charge in [-0.25, -0.2) is 4.98 Å². The fourth-order valence-electron chi connectivity index (χ4n) is 4.34. The lowest BCUT2D eigenvalue weighted by molar-refractivity contribution is -0.142. The SMILES string of the molecule is Nc1c(Br)c([C@H]2CC[C@H](C(=O)O)CC2)nc2c(-c3ccc(C4=CCC=N4)nc3)cnn12. The van der Waals surface area contributed by atoms with Crippen molar-refractivity contribution >= 4 is 45.3 Å². The summed E-state index contributed by atoms with van der Waals surface area (Å²) in [5.41, 5.74) is 11.4. The van der Waals surface area contributed by atoms with Gasteiger partial charge in [0.25, 0.3) is 0 Å². The monoisotopic (exact) mass is 480 g/mol. The number of carbonyl (C=O) groups is 1. The molecule has 0 amide bonds. The Hall–Kier alpha value is -3.07. The molecule has 4 heterocycles. The standard InChI is InChI=1S/C22H21BrN6O2/c23-18-19(12-3-5-13(6-4-12)22(30)31)28-21-15(11-27-29(21)20(18)24)14-7-8-17(26-10-14)16-2-1-9-25-16/h2,7-13H,1,3-6,24H2,(H,30,31)/t12-,13-. The van der Waals surface area contributed by atoms with E-state index in [4.69, 9.17) is 10.7 Å². The van der Waals surface area contributed by atoms with Gasteiger partial charge in [-0.05, 0) is 47.7 Å². The predicted octanol–water partition coefficient (Wildman–Crippen LogP) is 4.31. The van der Waals surface area contributed by atoms with Crippen LogP contribution in [0.4, 0.5) is 5.82 Å². The van der Waals surface area contributed by atoms with Gasteiger partial charge in [-0.3, -0.25) is 14.8 Å². The molecule has 3 aromatic rings. The summed E-state index contributed by atoms with van der Waals surface area (Å²) < 4.78 is 2.36. The average molecular weight is 481 g/mol. The van der Waals surface area contributed by atoms with Crippen molar-refractivity contribution in [1.82, 2.24) is 19.6 Å². The number of nitrogens with two attached hydrogens (primary N) is 1. The molecule has 1 aliphatic carbocycles. The molecule has 0 saturated heterocycles. The van der Waals surface area contributed by atoms with Gasteiger partial charge in [0.2, 0.25) is 0 Å². The zero-order valence-corrected chi connectivity index (χ0v) is 18.3. The van der Waals surface area contributed by atoms with Crippen LogP contribution in [0.1, 0.15) is 49.4 Å². The third-order valence-electron chi connectivity index (χ3n) is 6.10. The highest BCUT2D eigenvalue weighted by Crippen LogP contribution is 2.40. The van der Waals surface area contributed by atoms with Gasteiger partial charge in [-0.2, -0.15) is 9.61 Å². The maximum absolute atomic E-state index is 11.3. The number of hydrogen-bond acceptors (Lipinski definition) is 6. The first-order chi connectivity index (χ1) is 15.0. The molecular weight excluding hydrogens is 460 g/mol. The van der Waals surface area contributed by atoms with E-state index < -0.39 is 5.97 Å². The van der Waals surface area contributed by atoms with E-state index in [9.17, 15) is 9.90 Å². The number of aliphatic imine (C=N–C) groups is 1. The van der Waals surface area contributed by atoms with Crippen LogP contribution in [-0.2, 0) is 4.79 Å². The topological polar surface area (TPSA) is 119 Å². The fourth-order valence-corrected chi connectivity index (χ4v) is 4.93. The van der Waals surface area contributed by atoms with Crippen LogP contribution in [0.25, 0.3) is 22.5 Å². The minimum atomic E-state index is -0.714. The van der Waals surface area contributed by atoms with Crippen LogP contribution in [0.15, 0.2) is 40.1 Å². The maximum Gasteiger partial charge on any atom is 0.306 e. The van der Waals surface area contributed by atoms with E-state index in [-0.39, 0.29) is 11.8 Å². The van der Waals surface area contributed by atoms with E-state index in [1.807, 2.05) is 24.4 Å². The molecule has 1 fully saturated rings. The summed E-state index contributed by atoms with van der Waals surface area (Å²) in [7, 11) is 0. The van der Waals surface area contributed by atoms with E-state index in [1.54, 1.807) is 16.9 Å². The lowest BCUT2D eigenvalue weighted by Gasteiger charge is -2.26. The Labute approximate surface area is 187 Å². The molecular formula is C22H21BrN6O2. The molecule has 158 valence electrons. The van der Waals surface area contributed by atoms with Crippen molar-refractivity contribution in [2.75, 3.05) is 5.73 Å². The highest BCUT2D eigenvalue weighted by Gasteiger charge is 2.30. The molecule has 1 saturated carbocycles. The van der Waals surface area contributed by atoms with E-state index in [1.165, 1.54) is 0 Å². The van der Waals surface area contributed by atoms with Gasteiger partial charge < -0.3 is 10.8 Å². The van der Waals surface area contributed by atoms with E-state index in [0.717, 1.165) is 51.9 Å². The lowest BCUT2D eigenvalue weighted by atomic mass is 9.80. The zero-order valence-electron chi connectivity index (χ0n) is 16.7. The normalized spacial score (nSPS) is 20.9. The molecule has 0 unspecified atom stereocenters. The number of fused-ring (bicyclic) bond motifs is 1. The summed E-state index contributed by atoms with van der Waals surface area (Å²) in [6.07, 6.45) is 11.1. The molecule has 31 heavy (non-hydrogen) atoms. The Morgan fingerprint density at radius 3 is 2.65 bits per heavy atom. The van der Waals surface area contributed by atoms with Gasteiger partial charge in [-0.1, -0.05) is 12.1 Å². The number of rotatable bonds is 4. The van der Waals surface area contributed by atoms with Crippen LogP contribution in [0, 0.1) is 5.92 Å². The van der Waals surface area contributed by atoms with E-state index in [0.29, 0.717) is 24.3 Å². The molecule has 5 rings (SSSR count).